The molecular weight excluding hydrogens is 328 g/mol. The van der Waals surface area contributed by atoms with Gasteiger partial charge in [0.15, 0.2) is 0 Å². The molecule has 26 heavy (non-hydrogen) atoms. The van der Waals surface area contributed by atoms with E-state index in [1.807, 2.05) is 19.1 Å². The molecule has 1 aliphatic rings. The van der Waals surface area contributed by atoms with Crippen LogP contribution in [-0.4, -0.2) is 25.0 Å². The third kappa shape index (κ3) is 4.42. The number of hydrogen-bond acceptors (Lipinski definition) is 3. The predicted molar refractivity (Wildman–Crippen MR) is 100 cm³/mol. The molecule has 0 aliphatic heterocycles. The molecule has 0 saturated heterocycles. The van der Waals surface area contributed by atoms with E-state index in [1.54, 1.807) is 24.3 Å². The molecule has 2 aromatic rings. The van der Waals surface area contributed by atoms with E-state index in [0.29, 0.717) is 12.2 Å². The van der Waals surface area contributed by atoms with E-state index in [-0.39, 0.29) is 24.4 Å². The van der Waals surface area contributed by atoms with E-state index >= 15 is 0 Å². The SMILES string of the molecule is CCOc1ccc(C(=O)NCC(=O)N[C@@H]2CCCc3ccccc32)cc1. The molecule has 2 N–H and O–H groups in total. The van der Waals surface area contributed by atoms with Gasteiger partial charge in [-0.15, -0.1) is 0 Å². The Morgan fingerprint density at radius 3 is 2.65 bits per heavy atom. The fraction of sp³-hybridized carbons (Fsp3) is 0.333. The molecule has 0 unspecified atom stereocenters. The third-order valence-corrected chi connectivity index (χ3v) is 4.54. The van der Waals surface area contributed by atoms with Crippen molar-refractivity contribution in [2.75, 3.05) is 13.2 Å². The van der Waals surface area contributed by atoms with Gasteiger partial charge < -0.3 is 15.4 Å². The van der Waals surface area contributed by atoms with Gasteiger partial charge in [-0.2, -0.15) is 0 Å². The van der Waals surface area contributed by atoms with Crippen LogP contribution in [0.5, 0.6) is 5.75 Å². The molecule has 1 aliphatic carbocycles. The van der Waals surface area contributed by atoms with Gasteiger partial charge in [0.05, 0.1) is 19.2 Å². The molecule has 0 heterocycles. The van der Waals surface area contributed by atoms with Crippen molar-refractivity contribution in [2.45, 2.75) is 32.2 Å². The second kappa shape index (κ2) is 8.52. The lowest BCUT2D eigenvalue weighted by Gasteiger charge is -2.26. The zero-order valence-corrected chi connectivity index (χ0v) is 15.0. The molecule has 0 saturated carbocycles. The minimum atomic E-state index is -0.271. The first-order valence-corrected chi connectivity index (χ1v) is 9.05. The fourth-order valence-corrected chi connectivity index (χ4v) is 3.28. The number of nitrogens with one attached hydrogen (secondary N) is 2. The lowest BCUT2D eigenvalue weighted by Crippen LogP contribution is -2.39. The van der Waals surface area contributed by atoms with Crippen LogP contribution in [0.3, 0.4) is 0 Å². The summed E-state index contributed by atoms with van der Waals surface area (Å²) < 4.78 is 5.36. The summed E-state index contributed by atoms with van der Waals surface area (Å²) in [6.45, 7) is 2.45. The van der Waals surface area contributed by atoms with Crippen molar-refractivity contribution in [1.82, 2.24) is 10.6 Å². The molecule has 136 valence electrons. The number of carbonyl (C=O) groups excluding carboxylic acids is 2. The maximum absolute atomic E-state index is 12.3. The first-order chi connectivity index (χ1) is 12.7. The molecule has 1 atom stereocenters. The van der Waals surface area contributed by atoms with Crippen molar-refractivity contribution in [2.24, 2.45) is 0 Å². The summed E-state index contributed by atoms with van der Waals surface area (Å²) in [6.07, 6.45) is 3.03. The Hall–Kier alpha value is -2.82. The molecule has 5 nitrogen and oxygen atoms in total. The Labute approximate surface area is 153 Å². The van der Waals surface area contributed by atoms with Gasteiger partial charge >= 0.3 is 0 Å². The third-order valence-electron chi connectivity index (χ3n) is 4.54. The summed E-state index contributed by atoms with van der Waals surface area (Å²) in [4.78, 5) is 24.4. The molecule has 2 aromatic carbocycles. The fourth-order valence-electron chi connectivity index (χ4n) is 3.28. The van der Waals surface area contributed by atoms with E-state index in [4.69, 9.17) is 4.74 Å². The summed E-state index contributed by atoms with van der Waals surface area (Å²) in [5.41, 5.74) is 2.98. The number of fused-ring (bicyclic) bond motifs is 1. The first-order valence-electron chi connectivity index (χ1n) is 9.05. The van der Waals surface area contributed by atoms with Crippen LogP contribution in [0.4, 0.5) is 0 Å². The number of benzene rings is 2. The van der Waals surface area contributed by atoms with Crippen molar-refractivity contribution in [3.63, 3.8) is 0 Å². The van der Waals surface area contributed by atoms with E-state index in [1.165, 1.54) is 11.1 Å². The molecule has 0 spiro atoms. The van der Waals surface area contributed by atoms with Gasteiger partial charge in [0.1, 0.15) is 5.75 Å². The van der Waals surface area contributed by atoms with Gasteiger partial charge in [0.2, 0.25) is 5.91 Å². The molecule has 0 fully saturated rings. The first kappa shape index (κ1) is 18.0. The quantitative estimate of drug-likeness (QED) is 0.840. The van der Waals surface area contributed by atoms with Crippen LogP contribution in [0.2, 0.25) is 0 Å². The number of hydrogen-bond donors (Lipinski definition) is 2. The normalized spacial score (nSPS) is 15.7. The molecular formula is C21H24N2O3. The molecule has 0 radical (unpaired) electrons. The molecule has 3 rings (SSSR count). The minimum absolute atomic E-state index is 0.0230. The standard InChI is InChI=1S/C21H24N2O3/c1-2-26-17-12-10-16(11-13-17)21(25)22-14-20(24)23-19-9-5-7-15-6-3-4-8-18(15)19/h3-4,6,8,10-13,19H,2,5,7,9,14H2,1H3,(H,22,25)(H,23,24)/t19-/m1/s1. The summed E-state index contributed by atoms with van der Waals surface area (Å²) >= 11 is 0. The van der Waals surface area contributed by atoms with Crippen LogP contribution in [0, 0.1) is 0 Å². The Morgan fingerprint density at radius 2 is 1.88 bits per heavy atom. The van der Waals surface area contributed by atoms with Crippen LogP contribution in [0.15, 0.2) is 48.5 Å². The largest absolute Gasteiger partial charge is 0.494 e. The summed E-state index contributed by atoms with van der Waals surface area (Å²) in [5.74, 6) is 0.274. The highest BCUT2D eigenvalue weighted by atomic mass is 16.5. The summed E-state index contributed by atoms with van der Waals surface area (Å²) in [7, 11) is 0. The number of amides is 2. The number of rotatable bonds is 6. The van der Waals surface area contributed by atoms with Crippen molar-refractivity contribution in [3.05, 3.63) is 65.2 Å². The molecule has 0 aromatic heterocycles. The smallest absolute Gasteiger partial charge is 0.251 e. The number of aryl methyl sites for hydroxylation is 1. The highest BCUT2D eigenvalue weighted by molar-refractivity contribution is 5.96. The monoisotopic (exact) mass is 352 g/mol. The maximum Gasteiger partial charge on any atom is 0.251 e. The van der Waals surface area contributed by atoms with Crippen molar-refractivity contribution in [1.29, 1.82) is 0 Å². The predicted octanol–water partition coefficient (Wildman–Crippen LogP) is 3.01. The molecule has 2 amide bonds. The van der Waals surface area contributed by atoms with Gasteiger partial charge in [0.25, 0.3) is 5.91 Å². The molecule has 0 bridgehead atoms. The van der Waals surface area contributed by atoms with Crippen LogP contribution >= 0.6 is 0 Å². The highest BCUT2D eigenvalue weighted by Gasteiger charge is 2.21. The van der Waals surface area contributed by atoms with Gasteiger partial charge in [-0.1, -0.05) is 24.3 Å². The highest BCUT2D eigenvalue weighted by Crippen LogP contribution is 2.29. The van der Waals surface area contributed by atoms with Gasteiger partial charge in [-0.25, -0.2) is 0 Å². The van der Waals surface area contributed by atoms with Crippen LogP contribution in [0.25, 0.3) is 0 Å². The van der Waals surface area contributed by atoms with Gasteiger partial charge in [-0.05, 0) is 61.6 Å². The van der Waals surface area contributed by atoms with Crippen molar-refractivity contribution >= 4 is 11.8 Å². The second-order valence-electron chi connectivity index (χ2n) is 6.35. The Kier molecular flexibility index (Phi) is 5.89. The van der Waals surface area contributed by atoms with Crippen molar-refractivity contribution in [3.8, 4) is 5.75 Å². The van der Waals surface area contributed by atoms with Crippen LogP contribution < -0.4 is 15.4 Å². The topological polar surface area (TPSA) is 67.4 Å². The van der Waals surface area contributed by atoms with Crippen LogP contribution in [-0.2, 0) is 11.2 Å². The second-order valence-corrected chi connectivity index (χ2v) is 6.35. The van der Waals surface area contributed by atoms with Gasteiger partial charge in [0, 0.05) is 5.56 Å². The Bertz CT molecular complexity index is 771. The van der Waals surface area contributed by atoms with Crippen molar-refractivity contribution < 1.29 is 14.3 Å². The zero-order chi connectivity index (χ0) is 18.4. The Morgan fingerprint density at radius 1 is 1.12 bits per heavy atom. The van der Waals surface area contributed by atoms with E-state index in [9.17, 15) is 9.59 Å². The summed E-state index contributed by atoms with van der Waals surface area (Å²) in [5, 5.41) is 5.71. The summed E-state index contributed by atoms with van der Waals surface area (Å²) in [6, 6.07) is 15.1. The lowest BCUT2D eigenvalue weighted by molar-refractivity contribution is -0.121. The maximum atomic E-state index is 12.3. The average molecular weight is 352 g/mol. The average Bonchev–Trinajstić information content (AvgIpc) is 2.67. The van der Waals surface area contributed by atoms with E-state index < -0.39 is 0 Å². The van der Waals surface area contributed by atoms with Crippen LogP contribution in [0.1, 0.15) is 47.3 Å². The lowest BCUT2D eigenvalue weighted by atomic mass is 9.88. The zero-order valence-electron chi connectivity index (χ0n) is 15.0. The number of carbonyl (C=O) groups is 2. The number of ether oxygens (including phenoxy) is 1. The van der Waals surface area contributed by atoms with E-state index in [2.05, 4.69) is 22.8 Å². The minimum Gasteiger partial charge on any atom is -0.494 e. The van der Waals surface area contributed by atoms with E-state index in [0.717, 1.165) is 25.0 Å². The van der Waals surface area contributed by atoms with Gasteiger partial charge in [-0.3, -0.25) is 9.59 Å². The Balaban J connectivity index is 1.52. The molecule has 5 heteroatoms.